The van der Waals surface area contributed by atoms with Crippen LogP contribution < -0.4 is 0 Å². The van der Waals surface area contributed by atoms with E-state index in [1.807, 2.05) is 61.5 Å². The van der Waals surface area contributed by atoms with Crippen molar-refractivity contribution >= 4 is 12.0 Å². The van der Waals surface area contributed by atoms with Gasteiger partial charge in [-0.1, -0.05) is 48.5 Å². The maximum absolute atomic E-state index is 12.2. The van der Waals surface area contributed by atoms with Gasteiger partial charge in [0.15, 0.2) is 0 Å². The number of hydrogen-bond acceptors (Lipinski definition) is 2. The topological polar surface area (TPSA) is 26.3 Å². The summed E-state index contributed by atoms with van der Waals surface area (Å²) in [5, 5.41) is 0. The Morgan fingerprint density at radius 2 is 1.79 bits per heavy atom. The molecule has 1 unspecified atom stereocenters. The van der Waals surface area contributed by atoms with Gasteiger partial charge < -0.3 is 4.74 Å². The number of esters is 1. The molecule has 1 aliphatic carbocycles. The van der Waals surface area contributed by atoms with Gasteiger partial charge in [0, 0.05) is 5.56 Å². The molecule has 2 heteroatoms. The van der Waals surface area contributed by atoms with Gasteiger partial charge in [-0.2, -0.15) is 0 Å². The SMILES string of the molecule is Cc1ccccc1C(=O)OC1C=Cc2ccccc21. The Balaban J connectivity index is 1.83. The van der Waals surface area contributed by atoms with E-state index in [0.29, 0.717) is 5.56 Å². The number of ether oxygens (including phenoxy) is 1. The Labute approximate surface area is 112 Å². The highest BCUT2D eigenvalue weighted by Crippen LogP contribution is 2.31. The normalized spacial score (nSPS) is 16.2. The molecule has 0 N–H and O–H groups in total. The molecule has 2 aromatic rings. The van der Waals surface area contributed by atoms with Gasteiger partial charge in [-0.25, -0.2) is 4.79 Å². The zero-order valence-electron chi connectivity index (χ0n) is 10.7. The van der Waals surface area contributed by atoms with E-state index in [1.54, 1.807) is 6.07 Å². The highest BCUT2D eigenvalue weighted by Gasteiger charge is 2.21. The molecule has 1 atom stereocenters. The van der Waals surface area contributed by atoms with Crippen molar-refractivity contribution in [2.75, 3.05) is 0 Å². The van der Waals surface area contributed by atoms with Crippen LogP contribution in [0.3, 0.4) is 0 Å². The van der Waals surface area contributed by atoms with Crippen LogP contribution in [0.15, 0.2) is 54.6 Å². The van der Waals surface area contributed by atoms with Crippen molar-refractivity contribution in [2.24, 2.45) is 0 Å². The third kappa shape index (κ3) is 2.17. The summed E-state index contributed by atoms with van der Waals surface area (Å²) >= 11 is 0. The van der Waals surface area contributed by atoms with Crippen molar-refractivity contribution in [2.45, 2.75) is 13.0 Å². The molecule has 0 aliphatic heterocycles. The molecule has 0 amide bonds. The van der Waals surface area contributed by atoms with Crippen LogP contribution in [0.2, 0.25) is 0 Å². The molecule has 1 aliphatic rings. The van der Waals surface area contributed by atoms with E-state index in [2.05, 4.69) is 0 Å². The first-order valence-electron chi connectivity index (χ1n) is 6.29. The molecule has 0 saturated heterocycles. The van der Waals surface area contributed by atoms with Gasteiger partial charge in [-0.15, -0.1) is 0 Å². The molecule has 3 rings (SSSR count). The summed E-state index contributed by atoms with van der Waals surface area (Å²) in [6, 6.07) is 15.4. The molecule has 2 aromatic carbocycles. The largest absolute Gasteiger partial charge is 0.450 e. The number of carbonyl (C=O) groups is 1. The second-order valence-electron chi connectivity index (χ2n) is 4.63. The van der Waals surface area contributed by atoms with E-state index in [4.69, 9.17) is 4.74 Å². The Morgan fingerprint density at radius 1 is 1.05 bits per heavy atom. The van der Waals surface area contributed by atoms with E-state index in [1.165, 1.54) is 0 Å². The number of fused-ring (bicyclic) bond motifs is 1. The molecule has 2 nitrogen and oxygen atoms in total. The summed E-state index contributed by atoms with van der Waals surface area (Å²) in [5.74, 6) is -0.274. The molecule has 0 aromatic heterocycles. The van der Waals surface area contributed by atoms with E-state index < -0.39 is 0 Å². The van der Waals surface area contributed by atoms with Crippen molar-refractivity contribution in [1.29, 1.82) is 0 Å². The van der Waals surface area contributed by atoms with Gasteiger partial charge in [-0.05, 0) is 30.2 Å². The standard InChI is InChI=1S/C17H14O2/c1-12-6-2-4-8-14(12)17(18)19-16-11-10-13-7-3-5-9-15(13)16/h2-11,16H,1H3. The predicted octanol–water partition coefficient (Wildman–Crippen LogP) is 3.92. The lowest BCUT2D eigenvalue weighted by atomic mass is 10.1. The van der Waals surface area contributed by atoms with Crippen LogP contribution in [0.25, 0.3) is 6.08 Å². The Bertz CT molecular complexity index is 656. The minimum absolute atomic E-state index is 0.274. The summed E-state index contributed by atoms with van der Waals surface area (Å²) in [4.78, 5) is 12.2. The number of aryl methyl sites for hydroxylation is 1. The Hall–Kier alpha value is -2.35. The highest BCUT2D eigenvalue weighted by molar-refractivity contribution is 5.91. The van der Waals surface area contributed by atoms with E-state index in [9.17, 15) is 4.79 Å². The zero-order chi connectivity index (χ0) is 13.2. The second-order valence-corrected chi connectivity index (χ2v) is 4.63. The molecule has 94 valence electrons. The lowest BCUT2D eigenvalue weighted by Gasteiger charge is -2.13. The van der Waals surface area contributed by atoms with Crippen molar-refractivity contribution in [3.8, 4) is 0 Å². The molecule has 0 saturated carbocycles. The Kier molecular flexibility index (Phi) is 2.92. The molecule has 0 radical (unpaired) electrons. The molecule has 0 spiro atoms. The lowest BCUT2D eigenvalue weighted by molar-refractivity contribution is 0.0396. The smallest absolute Gasteiger partial charge is 0.339 e. The van der Waals surface area contributed by atoms with Crippen LogP contribution in [0.4, 0.5) is 0 Å². The summed E-state index contributed by atoms with van der Waals surface area (Å²) < 4.78 is 5.58. The number of rotatable bonds is 2. The number of hydrogen-bond donors (Lipinski definition) is 0. The number of carbonyl (C=O) groups excluding carboxylic acids is 1. The van der Waals surface area contributed by atoms with Crippen molar-refractivity contribution in [3.05, 3.63) is 76.9 Å². The predicted molar refractivity (Wildman–Crippen MR) is 74.8 cm³/mol. The first-order chi connectivity index (χ1) is 9.25. The fourth-order valence-corrected chi connectivity index (χ4v) is 2.30. The van der Waals surface area contributed by atoms with Crippen molar-refractivity contribution in [1.82, 2.24) is 0 Å². The monoisotopic (exact) mass is 250 g/mol. The molecule has 0 fully saturated rings. The van der Waals surface area contributed by atoms with Crippen LogP contribution in [-0.2, 0) is 4.74 Å². The minimum Gasteiger partial charge on any atom is -0.450 e. The van der Waals surface area contributed by atoms with Crippen molar-refractivity contribution in [3.63, 3.8) is 0 Å². The second kappa shape index (κ2) is 4.73. The maximum atomic E-state index is 12.2. The first-order valence-corrected chi connectivity index (χ1v) is 6.29. The van der Waals surface area contributed by atoms with Crippen LogP contribution in [0, 0.1) is 6.92 Å². The van der Waals surface area contributed by atoms with Gasteiger partial charge in [0.2, 0.25) is 0 Å². The van der Waals surface area contributed by atoms with E-state index in [-0.39, 0.29) is 12.1 Å². The molecule has 0 heterocycles. The lowest BCUT2D eigenvalue weighted by Crippen LogP contribution is -2.10. The molecule has 0 bridgehead atoms. The third-order valence-electron chi connectivity index (χ3n) is 3.35. The average Bonchev–Trinajstić information content (AvgIpc) is 2.83. The fraction of sp³-hybridized carbons (Fsp3) is 0.118. The van der Waals surface area contributed by atoms with Crippen LogP contribution in [-0.4, -0.2) is 5.97 Å². The molecule has 19 heavy (non-hydrogen) atoms. The third-order valence-corrected chi connectivity index (χ3v) is 3.35. The first kappa shape index (κ1) is 11.7. The summed E-state index contributed by atoms with van der Waals surface area (Å²) in [6.07, 6.45) is 3.63. The van der Waals surface area contributed by atoms with Gasteiger partial charge in [0.25, 0.3) is 0 Å². The van der Waals surface area contributed by atoms with E-state index >= 15 is 0 Å². The van der Waals surface area contributed by atoms with Crippen LogP contribution in [0.1, 0.15) is 33.2 Å². The van der Waals surface area contributed by atoms with Gasteiger partial charge in [-0.3, -0.25) is 0 Å². The quantitative estimate of drug-likeness (QED) is 0.755. The maximum Gasteiger partial charge on any atom is 0.339 e. The highest BCUT2D eigenvalue weighted by atomic mass is 16.5. The van der Waals surface area contributed by atoms with Crippen LogP contribution >= 0.6 is 0 Å². The van der Waals surface area contributed by atoms with Crippen LogP contribution in [0.5, 0.6) is 0 Å². The van der Waals surface area contributed by atoms with Gasteiger partial charge >= 0.3 is 5.97 Å². The minimum atomic E-state index is -0.275. The average molecular weight is 250 g/mol. The summed E-state index contributed by atoms with van der Waals surface area (Å²) in [7, 11) is 0. The molecular formula is C17H14O2. The van der Waals surface area contributed by atoms with E-state index in [0.717, 1.165) is 16.7 Å². The number of benzene rings is 2. The molecular weight excluding hydrogens is 236 g/mol. The van der Waals surface area contributed by atoms with Gasteiger partial charge in [0.1, 0.15) is 6.10 Å². The summed E-state index contributed by atoms with van der Waals surface area (Å²) in [6.45, 7) is 1.91. The summed E-state index contributed by atoms with van der Waals surface area (Å²) in [5.41, 5.74) is 3.72. The van der Waals surface area contributed by atoms with Crippen molar-refractivity contribution < 1.29 is 9.53 Å². The fourth-order valence-electron chi connectivity index (χ4n) is 2.30. The van der Waals surface area contributed by atoms with Gasteiger partial charge in [0.05, 0.1) is 5.56 Å². The zero-order valence-corrected chi connectivity index (χ0v) is 10.7. The Morgan fingerprint density at radius 3 is 2.63 bits per heavy atom.